The number of aryl methyl sites for hydroxylation is 1. The molecule has 2 nitrogen and oxygen atoms in total. The van der Waals surface area contributed by atoms with Crippen LogP contribution in [0.4, 0.5) is 0 Å². The molecular weight excluding hydrogens is 252 g/mol. The molecule has 19 heavy (non-hydrogen) atoms. The molecule has 0 radical (unpaired) electrons. The van der Waals surface area contributed by atoms with Gasteiger partial charge in [0.05, 0.1) is 0 Å². The van der Waals surface area contributed by atoms with Crippen LogP contribution in [0.3, 0.4) is 0 Å². The molecule has 2 aromatic rings. The standard InChI is InChI=1S/C16H22N2S/c1-11-13(10-12-6-5-9-18(12)2)16-14(17-11)7-4-8-15(16)19-3/h4,7-8,12,17H,5-6,9-10H2,1-3H3/t12-/m1/s1/i1D3,2D3. The van der Waals surface area contributed by atoms with Gasteiger partial charge in [-0.25, -0.2) is 0 Å². The van der Waals surface area contributed by atoms with Gasteiger partial charge >= 0.3 is 0 Å². The Morgan fingerprint density at radius 2 is 2.47 bits per heavy atom. The fourth-order valence-corrected chi connectivity index (χ4v) is 3.59. The lowest BCUT2D eigenvalue weighted by Gasteiger charge is -2.19. The normalized spacial score (nSPS) is 26.5. The zero-order valence-corrected chi connectivity index (χ0v) is 11.8. The number of hydrogen-bond donors (Lipinski definition) is 1. The van der Waals surface area contributed by atoms with Crippen molar-refractivity contribution in [2.75, 3.05) is 19.8 Å². The quantitative estimate of drug-likeness (QED) is 0.862. The molecule has 0 bridgehead atoms. The van der Waals surface area contributed by atoms with Crippen molar-refractivity contribution < 1.29 is 8.22 Å². The first-order valence-electron chi connectivity index (χ1n) is 9.57. The number of likely N-dealkylation sites (N-methyl/N-ethyl adjacent to an activating group) is 1. The summed E-state index contributed by atoms with van der Waals surface area (Å²) >= 11 is 1.57. The van der Waals surface area contributed by atoms with Gasteiger partial charge in [-0.2, -0.15) is 0 Å². The van der Waals surface area contributed by atoms with Crippen molar-refractivity contribution in [3.05, 3.63) is 29.5 Å². The van der Waals surface area contributed by atoms with Crippen molar-refractivity contribution in [1.82, 2.24) is 9.88 Å². The van der Waals surface area contributed by atoms with E-state index in [0.717, 1.165) is 34.2 Å². The molecule has 0 amide bonds. The second-order valence-electron chi connectivity index (χ2n) is 5.05. The monoisotopic (exact) mass is 280 g/mol. The summed E-state index contributed by atoms with van der Waals surface area (Å²) in [7, 11) is 0. The number of aromatic amines is 1. The van der Waals surface area contributed by atoms with Crippen LogP contribution >= 0.6 is 11.8 Å². The second-order valence-corrected chi connectivity index (χ2v) is 5.90. The number of benzene rings is 1. The average molecular weight is 280 g/mol. The van der Waals surface area contributed by atoms with E-state index in [0.29, 0.717) is 13.0 Å². The molecule has 1 aromatic carbocycles. The third-order valence-electron chi connectivity index (χ3n) is 3.93. The molecule has 0 spiro atoms. The van der Waals surface area contributed by atoms with Crippen LogP contribution in [0.15, 0.2) is 23.1 Å². The Kier molecular flexibility index (Phi) is 2.13. The topological polar surface area (TPSA) is 19.0 Å². The van der Waals surface area contributed by atoms with Crippen LogP contribution in [0, 0.1) is 6.85 Å². The van der Waals surface area contributed by atoms with E-state index in [4.69, 9.17) is 8.22 Å². The zero-order chi connectivity index (χ0) is 18.4. The largest absolute Gasteiger partial charge is 0.358 e. The highest BCUT2D eigenvalue weighted by atomic mass is 32.2. The Hall–Kier alpha value is -0.930. The van der Waals surface area contributed by atoms with Crippen molar-refractivity contribution in [3.63, 3.8) is 0 Å². The number of aromatic nitrogens is 1. The molecule has 1 N–H and O–H groups in total. The SMILES string of the molecule is [2H]C([2H])([2H])c1[nH]c2cccc(SC)c2c1C[C@H]1CCCN1C([2H])([2H])[2H]. The number of likely N-dealkylation sites (tertiary alicyclic amines) is 1. The van der Waals surface area contributed by atoms with Crippen LogP contribution in [-0.4, -0.2) is 35.7 Å². The van der Waals surface area contributed by atoms with E-state index in [1.807, 2.05) is 24.5 Å². The summed E-state index contributed by atoms with van der Waals surface area (Å²) in [6.07, 6.45) is 3.99. The minimum atomic E-state index is -2.26. The molecule has 102 valence electrons. The maximum atomic E-state index is 7.89. The predicted molar refractivity (Wildman–Crippen MR) is 84.2 cm³/mol. The number of nitrogens with zero attached hydrogens (tertiary/aromatic N) is 1. The Bertz CT molecular complexity index is 764. The van der Waals surface area contributed by atoms with Crippen molar-refractivity contribution in [2.45, 2.75) is 37.1 Å². The van der Waals surface area contributed by atoms with E-state index >= 15 is 0 Å². The smallest absolute Gasteiger partial charge is 0.0470 e. The highest BCUT2D eigenvalue weighted by molar-refractivity contribution is 7.98. The molecule has 1 saturated heterocycles. The molecule has 0 aliphatic carbocycles. The number of thioether (sulfide) groups is 1. The van der Waals surface area contributed by atoms with Gasteiger partial charge in [0.15, 0.2) is 0 Å². The number of H-pyrrole nitrogens is 1. The first-order valence-corrected chi connectivity index (χ1v) is 7.80. The van der Waals surface area contributed by atoms with E-state index < -0.39 is 13.8 Å². The Morgan fingerprint density at radius 1 is 1.53 bits per heavy atom. The molecule has 1 atom stereocenters. The number of hydrogen-bond acceptors (Lipinski definition) is 2. The summed E-state index contributed by atoms with van der Waals surface area (Å²) < 4.78 is 46.9. The molecule has 0 saturated carbocycles. The number of rotatable bonds is 3. The van der Waals surface area contributed by atoms with Gasteiger partial charge in [-0.3, -0.25) is 0 Å². The molecule has 1 fully saturated rings. The Morgan fingerprint density at radius 3 is 3.26 bits per heavy atom. The maximum Gasteiger partial charge on any atom is 0.0470 e. The van der Waals surface area contributed by atoms with Crippen molar-refractivity contribution >= 4 is 22.7 Å². The Balaban J connectivity index is 2.10. The summed E-state index contributed by atoms with van der Waals surface area (Å²) in [6, 6.07) is 5.60. The summed E-state index contributed by atoms with van der Waals surface area (Å²) in [6.45, 7) is -3.87. The summed E-state index contributed by atoms with van der Waals surface area (Å²) in [5.41, 5.74) is 1.77. The molecule has 1 aliphatic heterocycles. The lowest BCUT2D eigenvalue weighted by atomic mass is 10.0. The summed E-state index contributed by atoms with van der Waals surface area (Å²) in [5, 5.41) is 0.915. The van der Waals surface area contributed by atoms with E-state index in [1.165, 1.54) is 4.90 Å². The van der Waals surface area contributed by atoms with Gasteiger partial charge in [-0.15, -0.1) is 11.8 Å². The van der Waals surface area contributed by atoms with E-state index in [-0.39, 0.29) is 11.7 Å². The fraction of sp³-hybridized carbons (Fsp3) is 0.500. The molecule has 3 heteroatoms. The highest BCUT2D eigenvalue weighted by Crippen LogP contribution is 2.33. The number of fused-ring (bicyclic) bond motifs is 1. The average Bonchev–Trinajstić information content (AvgIpc) is 3.11. The molecule has 0 unspecified atom stereocenters. The minimum absolute atomic E-state index is 0.164. The second kappa shape index (κ2) is 5.22. The van der Waals surface area contributed by atoms with Gasteiger partial charge in [0.2, 0.25) is 0 Å². The van der Waals surface area contributed by atoms with Crippen LogP contribution in [0.1, 0.15) is 32.3 Å². The van der Waals surface area contributed by atoms with Crippen LogP contribution in [0.25, 0.3) is 10.9 Å². The molecule has 3 rings (SSSR count). The van der Waals surface area contributed by atoms with Gasteiger partial charge < -0.3 is 9.88 Å². The van der Waals surface area contributed by atoms with Crippen LogP contribution < -0.4 is 0 Å². The third kappa shape index (κ3) is 2.30. The van der Waals surface area contributed by atoms with Crippen LogP contribution in [-0.2, 0) is 6.42 Å². The fourth-order valence-electron chi connectivity index (χ4n) is 2.94. The lowest BCUT2D eigenvalue weighted by Crippen LogP contribution is -2.27. The summed E-state index contributed by atoms with van der Waals surface area (Å²) in [5.74, 6) is 0. The maximum absolute atomic E-state index is 7.89. The molecule has 1 aromatic heterocycles. The summed E-state index contributed by atoms with van der Waals surface area (Å²) in [4.78, 5) is 5.62. The molecule has 1 aliphatic rings. The minimum Gasteiger partial charge on any atom is -0.358 e. The van der Waals surface area contributed by atoms with Gasteiger partial charge in [0, 0.05) is 35.8 Å². The Labute approximate surface area is 128 Å². The van der Waals surface area contributed by atoms with Gasteiger partial charge in [-0.1, -0.05) is 6.07 Å². The van der Waals surface area contributed by atoms with Crippen LogP contribution in [0.5, 0.6) is 0 Å². The van der Waals surface area contributed by atoms with Crippen molar-refractivity contribution in [2.24, 2.45) is 0 Å². The number of nitrogens with one attached hydrogen (secondary N) is 1. The highest BCUT2D eigenvalue weighted by Gasteiger charge is 2.23. The first kappa shape index (κ1) is 7.75. The van der Waals surface area contributed by atoms with Gasteiger partial charge in [0.25, 0.3) is 0 Å². The molecule has 2 heterocycles. The lowest BCUT2D eigenvalue weighted by molar-refractivity contribution is 0.309. The van der Waals surface area contributed by atoms with Crippen molar-refractivity contribution in [1.29, 1.82) is 0 Å². The predicted octanol–water partition coefficient (Wildman–Crippen LogP) is 3.83. The van der Waals surface area contributed by atoms with Crippen molar-refractivity contribution in [3.8, 4) is 0 Å². The van der Waals surface area contributed by atoms with E-state index in [2.05, 4.69) is 4.98 Å². The van der Waals surface area contributed by atoms with Crippen LogP contribution in [0.2, 0.25) is 0 Å². The first-order chi connectivity index (χ1) is 11.6. The van der Waals surface area contributed by atoms with Gasteiger partial charge in [0.1, 0.15) is 0 Å². The zero-order valence-electron chi connectivity index (χ0n) is 17.0. The third-order valence-corrected chi connectivity index (χ3v) is 4.71. The molecular formula is C16H22N2S. The van der Waals surface area contributed by atoms with E-state index in [9.17, 15) is 0 Å². The van der Waals surface area contributed by atoms with Gasteiger partial charge in [-0.05, 0) is 63.6 Å². The van der Waals surface area contributed by atoms with E-state index in [1.54, 1.807) is 11.8 Å².